The minimum atomic E-state index is -0.350. The molecule has 4 nitrogen and oxygen atoms in total. The summed E-state index contributed by atoms with van der Waals surface area (Å²) >= 11 is 0. The first-order valence-electron chi connectivity index (χ1n) is 7.07. The number of amides is 1. The maximum atomic E-state index is 12.6. The Bertz CT molecular complexity index is 511. The lowest BCUT2D eigenvalue weighted by Gasteiger charge is -2.42. The van der Waals surface area contributed by atoms with Gasteiger partial charge in [-0.05, 0) is 51.0 Å². The van der Waals surface area contributed by atoms with Crippen LogP contribution in [0.1, 0.15) is 35.3 Å². The Hall–Kier alpha value is -1.39. The van der Waals surface area contributed by atoms with Gasteiger partial charge in [-0.1, -0.05) is 6.07 Å². The fraction of sp³-hybridized carbons (Fsp3) is 0.562. The number of hydrogen-bond donors (Lipinski definition) is 1. The zero-order chi connectivity index (χ0) is 14.9. The summed E-state index contributed by atoms with van der Waals surface area (Å²) in [6.07, 6.45) is -0.0887. The lowest BCUT2D eigenvalue weighted by atomic mass is 10.0. The van der Waals surface area contributed by atoms with E-state index in [4.69, 9.17) is 10.5 Å². The summed E-state index contributed by atoms with van der Waals surface area (Å²) in [6.45, 7) is 9.65. The monoisotopic (exact) mass is 276 g/mol. The first kappa shape index (κ1) is 15.0. The van der Waals surface area contributed by atoms with E-state index < -0.39 is 0 Å². The third-order valence-corrected chi connectivity index (χ3v) is 3.79. The molecule has 1 aromatic carbocycles. The van der Waals surface area contributed by atoms with Crippen LogP contribution in [0.5, 0.6) is 0 Å². The Morgan fingerprint density at radius 2 is 2.10 bits per heavy atom. The third-order valence-electron chi connectivity index (χ3n) is 3.79. The summed E-state index contributed by atoms with van der Waals surface area (Å²) in [5.41, 5.74) is 8.43. The van der Waals surface area contributed by atoms with Gasteiger partial charge in [-0.15, -0.1) is 0 Å². The van der Waals surface area contributed by atoms with Crippen molar-refractivity contribution in [3.8, 4) is 0 Å². The van der Waals surface area contributed by atoms with Crippen LogP contribution in [-0.4, -0.2) is 42.1 Å². The van der Waals surface area contributed by atoms with Gasteiger partial charge in [0, 0.05) is 25.2 Å². The largest absolute Gasteiger partial charge is 0.367 e. The van der Waals surface area contributed by atoms with Gasteiger partial charge in [-0.2, -0.15) is 0 Å². The molecule has 110 valence electrons. The molecule has 1 aliphatic heterocycles. The average Bonchev–Trinajstić information content (AvgIpc) is 2.39. The number of nitrogens with two attached hydrogens (primary N) is 1. The van der Waals surface area contributed by atoms with E-state index in [9.17, 15) is 4.79 Å². The molecular formula is C16H24N2O2. The molecule has 1 amide bonds. The Kier molecular flexibility index (Phi) is 4.16. The molecule has 0 spiro atoms. The van der Waals surface area contributed by atoms with E-state index in [0.29, 0.717) is 19.6 Å². The molecule has 2 N–H and O–H groups in total. The second-order valence-corrected chi connectivity index (χ2v) is 6.22. The van der Waals surface area contributed by atoms with Gasteiger partial charge in [-0.3, -0.25) is 4.79 Å². The quantitative estimate of drug-likeness (QED) is 0.897. The maximum absolute atomic E-state index is 12.6. The van der Waals surface area contributed by atoms with Crippen molar-refractivity contribution in [1.82, 2.24) is 4.90 Å². The first-order chi connectivity index (χ1) is 9.32. The van der Waals surface area contributed by atoms with Crippen LogP contribution in [0, 0.1) is 13.8 Å². The van der Waals surface area contributed by atoms with Crippen LogP contribution in [0.3, 0.4) is 0 Å². The van der Waals surface area contributed by atoms with Gasteiger partial charge in [0.1, 0.15) is 0 Å². The number of morpholine rings is 1. The molecule has 0 saturated carbocycles. The average molecular weight is 276 g/mol. The SMILES string of the molecule is Cc1ccc(C(=O)N2CC(CN)OC(C)(C)C2)cc1C. The van der Waals surface area contributed by atoms with Crippen LogP contribution in [0.25, 0.3) is 0 Å². The van der Waals surface area contributed by atoms with E-state index >= 15 is 0 Å². The smallest absolute Gasteiger partial charge is 0.254 e. The van der Waals surface area contributed by atoms with Crippen LogP contribution in [0.15, 0.2) is 18.2 Å². The summed E-state index contributed by atoms with van der Waals surface area (Å²) in [6, 6.07) is 5.84. The van der Waals surface area contributed by atoms with Crippen LogP contribution >= 0.6 is 0 Å². The van der Waals surface area contributed by atoms with Gasteiger partial charge in [0.2, 0.25) is 0 Å². The summed E-state index contributed by atoms with van der Waals surface area (Å²) in [5, 5.41) is 0. The summed E-state index contributed by atoms with van der Waals surface area (Å²) in [7, 11) is 0. The summed E-state index contributed by atoms with van der Waals surface area (Å²) in [4.78, 5) is 14.5. The van der Waals surface area contributed by atoms with Gasteiger partial charge in [0.25, 0.3) is 5.91 Å². The Labute approximate surface area is 120 Å². The van der Waals surface area contributed by atoms with Crippen LogP contribution in [0.4, 0.5) is 0 Å². The van der Waals surface area contributed by atoms with Gasteiger partial charge < -0.3 is 15.4 Å². The van der Waals surface area contributed by atoms with Gasteiger partial charge in [0.15, 0.2) is 0 Å². The fourth-order valence-corrected chi connectivity index (χ4v) is 2.63. The second kappa shape index (κ2) is 5.54. The Morgan fingerprint density at radius 1 is 1.40 bits per heavy atom. The molecule has 4 heteroatoms. The molecule has 1 saturated heterocycles. The molecule has 0 radical (unpaired) electrons. The number of nitrogens with zero attached hydrogens (tertiary/aromatic N) is 1. The van der Waals surface area contributed by atoms with Crippen molar-refractivity contribution in [3.05, 3.63) is 34.9 Å². The summed E-state index contributed by atoms with van der Waals surface area (Å²) < 4.78 is 5.86. The van der Waals surface area contributed by atoms with Crippen molar-refractivity contribution in [3.63, 3.8) is 0 Å². The van der Waals surface area contributed by atoms with Crippen molar-refractivity contribution < 1.29 is 9.53 Å². The molecule has 0 aromatic heterocycles. The van der Waals surface area contributed by atoms with E-state index in [1.807, 2.05) is 50.8 Å². The molecule has 2 rings (SSSR count). The van der Waals surface area contributed by atoms with Crippen molar-refractivity contribution >= 4 is 5.91 Å². The molecule has 1 aliphatic rings. The van der Waals surface area contributed by atoms with Gasteiger partial charge in [-0.25, -0.2) is 0 Å². The first-order valence-corrected chi connectivity index (χ1v) is 7.07. The minimum Gasteiger partial charge on any atom is -0.367 e. The number of aryl methyl sites for hydroxylation is 2. The van der Waals surface area contributed by atoms with Crippen molar-refractivity contribution in [2.24, 2.45) is 5.73 Å². The molecule has 0 bridgehead atoms. The number of hydrogen-bond acceptors (Lipinski definition) is 3. The number of benzene rings is 1. The molecule has 0 aliphatic carbocycles. The normalized spacial score (nSPS) is 21.9. The van der Waals surface area contributed by atoms with Crippen LogP contribution in [-0.2, 0) is 4.74 Å². The van der Waals surface area contributed by atoms with Crippen LogP contribution in [0.2, 0.25) is 0 Å². The van der Waals surface area contributed by atoms with E-state index in [1.54, 1.807) is 0 Å². The highest BCUT2D eigenvalue weighted by Crippen LogP contribution is 2.22. The Morgan fingerprint density at radius 3 is 2.70 bits per heavy atom. The van der Waals surface area contributed by atoms with Crippen molar-refractivity contribution in [1.29, 1.82) is 0 Å². The van der Waals surface area contributed by atoms with E-state index in [2.05, 4.69) is 0 Å². The standard InChI is InChI=1S/C16H24N2O2/c1-11-5-6-13(7-12(11)2)15(19)18-9-14(8-17)20-16(3,4)10-18/h5-7,14H,8-10,17H2,1-4H3. The van der Waals surface area contributed by atoms with E-state index in [-0.39, 0.29) is 17.6 Å². The molecule has 1 atom stereocenters. The lowest BCUT2D eigenvalue weighted by molar-refractivity contribution is -0.122. The van der Waals surface area contributed by atoms with Gasteiger partial charge in [0.05, 0.1) is 11.7 Å². The Balaban J connectivity index is 2.21. The zero-order valence-corrected chi connectivity index (χ0v) is 12.8. The molecule has 1 unspecified atom stereocenters. The van der Waals surface area contributed by atoms with Gasteiger partial charge >= 0.3 is 0 Å². The van der Waals surface area contributed by atoms with Crippen molar-refractivity contribution in [2.75, 3.05) is 19.6 Å². The predicted molar refractivity (Wildman–Crippen MR) is 79.8 cm³/mol. The second-order valence-electron chi connectivity index (χ2n) is 6.22. The molecular weight excluding hydrogens is 252 g/mol. The lowest BCUT2D eigenvalue weighted by Crippen LogP contribution is -2.56. The third kappa shape index (κ3) is 3.19. The predicted octanol–water partition coefficient (Wildman–Crippen LogP) is 1.88. The maximum Gasteiger partial charge on any atom is 0.254 e. The highest BCUT2D eigenvalue weighted by atomic mass is 16.5. The summed E-state index contributed by atoms with van der Waals surface area (Å²) in [5.74, 6) is 0.0583. The number of rotatable bonds is 2. The molecule has 1 fully saturated rings. The van der Waals surface area contributed by atoms with E-state index in [1.165, 1.54) is 5.56 Å². The molecule has 1 aromatic rings. The highest BCUT2D eigenvalue weighted by molar-refractivity contribution is 5.94. The fourth-order valence-electron chi connectivity index (χ4n) is 2.63. The van der Waals surface area contributed by atoms with Crippen LogP contribution < -0.4 is 5.73 Å². The highest BCUT2D eigenvalue weighted by Gasteiger charge is 2.35. The minimum absolute atomic E-state index is 0.0583. The molecule has 20 heavy (non-hydrogen) atoms. The molecule has 1 heterocycles. The number of carbonyl (C=O) groups is 1. The topological polar surface area (TPSA) is 55.6 Å². The zero-order valence-electron chi connectivity index (χ0n) is 12.8. The van der Waals surface area contributed by atoms with Crippen molar-refractivity contribution in [2.45, 2.75) is 39.4 Å². The number of ether oxygens (including phenoxy) is 1. The van der Waals surface area contributed by atoms with E-state index in [0.717, 1.165) is 11.1 Å². The number of carbonyl (C=O) groups excluding carboxylic acids is 1.